The standard InChI is InChI=1S/C11H10O2S2/c12-11(13)7-14-6-9-5-8-3-1-2-4-10(8)15-9/h1-5H,6-7H2,(H,12,13). The van der Waals surface area contributed by atoms with Crippen molar-refractivity contribution < 1.29 is 9.90 Å². The van der Waals surface area contributed by atoms with Gasteiger partial charge in [-0.1, -0.05) is 18.2 Å². The SMILES string of the molecule is O=C(O)CSCc1cc2ccccc2s1. The van der Waals surface area contributed by atoms with Crippen LogP contribution in [0.5, 0.6) is 0 Å². The predicted octanol–water partition coefficient (Wildman–Crippen LogP) is 3.22. The molecule has 1 aromatic carbocycles. The molecule has 0 amide bonds. The molecule has 0 aliphatic heterocycles. The topological polar surface area (TPSA) is 37.3 Å². The van der Waals surface area contributed by atoms with Crippen molar-refractivity contribution in [3.63, 3.8) is 0 Å². The van der Waals surface area contributed by atoms with Gasteiger partial charge in [-0.25, -0.2) is 0 Å². The van der Waals surface area contributed by atoms with Gasteiger partial charge in [0.15, 0.2) is 0 Å². The molecule has 2 aromatic rings. The van der Waals surface area contributed by atoms with Crippen LogP contribution in [0.3, 0.4) is 0 Å². The minimum Gasteiger partial charge on any atom is -0.481 e. The Kier molecular flexibility index (Phi) is 3.28. The van der Waals surface area contributed by atoms with E-state index in [0.29, 0.717) is 0 Å². The highest BCUT2D eigenvalue weighted by Gasteiger charge is 2.02. The molecule has 2 nitrogen and oxygen atoms in total. The second-order valence-electron chi connectivity index (χ2n) is 3.14. The van der Waals surface area contributed by atoms with Gasteiger partial charge in [0, 0.05) is 15.3 Å². The van der Waals surface area contributed by atoms with E-state index in [1.54, 1.807) is 11.3 Å². The summed E-state index contributed by atoms with van der Waals surface area (Å²) in [4.78, 5) is 11.6. The maximum absolute atomic E-state index is 10.3. The first-order valence-corrected chi connectivity index (χ1v) is 6.50. The van der Waals surface area contributed by atoms with Crippen molar-refractivity contribution in [3.8, 4) is 0 Å². The fourth-order valence-corrected chi connectivity index (χ4v) is 3.25. The molecule has 4 heteroatoms. The zero-order valence-corrected chi connectivity index (χ0v) is 9.61. The summed E-state index contributed by atoms with van der Waals surface area (Å²) in [5, 5.41) is 9.76. The molecule has 0 aliphatic carbocycles. The number of carboxylic acid groups (broad SMARTS) is 1. The molecule has 1 N–H and O–H groups in total. The van der Waals surface area contributed by atoms with Gasteiger partial charge >= 0.3 is 5.97 Å². The van der Waals surface area contributed by atoms with Crippen molar-refractivity contribution in [2.45, 2.75) is 5.75 Å². The minimum absolute atomic E-state index is 0.175. The summed E-state index contributed by atoms with van der Waals surface area (Å²) in [5.74, 6) is 0.209. The van der Waals surface area contributed by atoms with Crippen molar-refractivity contribution in [2.75, 3.05) is 5.75 Å². The number of thioether (sulfide) groups is 1. The molecule has 0 aliphatic rings. The average molecular weight is 238 g/mol. The maximum atomic E-state index is 10.3. The molecule has 0 atom stereocenters. The number of carbonyl (C=O) groups is 1. The highest BCUT2D eigenvalue weighted by Crippen LogP contribution is 2.27. The summed E-state index contributed by atoms with van der Waals surface area (Å²) in [7, 11) is 0. The van der Waals surface area contributed by atoms with Crippen molar-refractivity contribution in [2.24, 2.45) is 0 Å². The number of carboxylic acids is 1. The molecular formula is C11H10O2S2. The number of aliphatic carboxylic acids is 1. The Morgan fingerprint density at radius 2 is 2.20 bits per heavy atom. The Morgan fingerprint density at radius 3 is 2.93 bits per heavy atom. The van der Waals surface area contributed by atoms with Crippen molar-refractivity contribution in [3.05, 3.63) is 35.2 Å². The van der Waals surface area contributed by atoms with Crippen LogP contribution in [-0.4, -0.2) is 16.8 Å². The van der Waals surface area contributed by atoms with Gasteiger partial charge in [-0.15, -0.1) is 23.1 Å². The van der Waals surface area contributed by atoms with Crippen molar-refractivity contribution in [1.29, 1.82) is 0 Å². The van der Waals surface area contributed by atoms with Crippen LogP contribution in [0.1, 0.15) is 4.88 Å². The molecule has 15 heavy (non-hydrogen) atoms. The van der Waals surface area contributed by atoms with Crippen LogP contribution in [0.15, 0.2) is 30.3 Å². The highest BCUT2D eigenvalue weighted by molar-refractivity contribution is 7.99. The predicted molar refractivity (Wildman–Crippen MR) is 65.6 cm³/mol. The van der Waals surface area contributed by atoms with Crippen LogP contribution < -0.4 is 0 Å². The summed E-state index contributed by atoms with van der Waals surface area (Å²) in [6, 6.07) is 10.3. The minimum atomic E-state index is -0.749. The largest absolute Gasteiger partial charge is 0.481 e. The molecule has 78 valence electrons. The Morgan fingerprint density at radius 1 is 1.40 bits per heavy atom. The zero-order chi connectivity index (χ0) is 10.7. The van der Waals surface area contributed by atoms with E-state index in [-0.39, 0.29) is 5.75 Å². The molecule has 0 saturated carbocycles. The highest BCUT2D eigenvalue weighted by atomic mass is 32.2. The molecule has 0 unspecified atom stereocenters. The lowest BCUT2D eigenvalue weighted by Crippen LogP contribution is -1.97. The lowest BCUT2D eigenvalue weighted by molar-refractivity contribution is -0.133. The molecule has 0 radical (unpaired) electrons. The Hall–Kier alpha value is -1.00. The number of hydrogen-bond donors (Lipinski definition) is 1. The quantitative estimate of drug-likeness (QED) is 0.888. The Bertz CT molecular complexity index is 443. The summed E-state index contributed by atoms with van der Waals surface area (Å²) >= 11 is 3.18. The summed E-state index contributed by atoms with van der Waals surface area (Å²) in [6.45, 7) is 0. The second-order valence-corrected chi connectivity index (χ2v) is 5.29. The van der Waals surface area contributed by atoms with Crippen molar-refractivity contribution >= 4 is 39.2 Å². The molecule has 1 aromatic heterocycles. The van der Waals surface area contributed by atoms with E-state index < -0.39 is 5.97 Å². The first-order valence-electron chi connectivity index (χ1n) is 4.53. The zero-order valence-electron chi connectivity index (χ0n) is 7.97. The molecular weight excluding hydrogens is 228 g/mol. The van der Waals surface area contributed by atoms with E-state index in [9.17, 15) is 4.79 Å². The Labute approximate surface area is 95.9 Å². The number of rotatable bonds is 4. The normalized spacial score (nSPS) is 10.7. The van der Waals surface area contributed by atoms with Gasteiger partial charge in [-0.3, -0.25) is 4.79 Å². The molecule has 1 heterocycles. The molecule has 0 bridgehead atoms. The van der Waals surface area contributed by atoms with Crippen LogP contribution in [0.4, 0.5) is 0 Å². The second kappa shape index (κ2) is 4.68. The number of thiophene rings is 1. The molecule has 0 saturated heterocycles. The van der Waals surface area contributed by atoms with Gasteiger partial charge in [-0.2, -0.15) is 0 Å². The van der Waals surface area contributed by atoms with Crippen LogP contribution in [-0.2, 0) is 10.5 Å². The van der Waals surface area contributed by atoms with Crippen LogP contribution >= 0.6 is 23.1 Å². The van der Waals surface area contributed by atoms with Gasteiger partial charge in [0.1, 0.15) is 0 Å². The van der Waals surface area contributed by atoms with E-state index in [1.165, 1.54) is 26.7 Å². The molecule has 2 rings (SSSR count). The third kappa shape index (κ3) is 2.73. The Balaban J connectivity index is 2.05. The first-order chi connectivity index (χ1) is 7.25. The van der Waals surface area contributed by atoms with E-state index in [1.807, 2.05) is 12.1 Å². The first kappa shape index (κ1) is 10.5. The number of hydrogen-bond acceptors (Lipinski definition) is 3. The van der Waals surface area contributed by atoms with Crippen molar-refractivity contribution in [1.82, 2.24) is 0 Å². The number of benzene rings is 1. The summed E-state index contributed by atoms with van der Waals surface area (Å²) in [5.41, 5.74) is 0. The van der Waals surface area contributed by atoms with E-state index in [2.05, 4.69) is 18.2 Å². The monoisotopic (exact) mass is 238 g/mol. The third-order valence-corrected chi connectivity index (χ3v) is 4.21. The van der Waals surface area contributed by atoms with Gasteiger partial charge in [0.05, 0.1) is 5.75 Å². The van der Waals surface area contributed by atoms with E-state index >= 15 is 0 Å². The van der Waals surface area contributed by atoms with Gasteiger partial charge in [0.25, 0.3) is 0 Å². The summed E-state index contributed by atoms with van der Waals surface area (Å²) in [6.07, 6.45) is 0. The summed E-state index contributed by atoms with van der Waals surface area (Å²) < 4.78 is 1.27. The van der Waals surface area contributed by atoms with E-state index in [0.717, 1.165) is 5.75 Å². The fourth-order valence-electron chi connectivity index (χ4n) is 1.35. The molecule has 0 spiro atoms. The van der Waals surface area contributed by atoms with Gasteiger partial charge < -0.3 is 5.11 Å². The van der Waals surface area contributed by atoms with Gasteiger partial charge in [0.2, 0.25) is 0 Å². The molecule has 0 fully saturated rings. The van der Waals surface area contributed by atoms with Crippen LogP contribution in [0, 0.1) is 0 Å². The lowest BCUT2D eigenvalue weighted by atomic mass is 10.2. The maximum Gasteiger partial charge on any atom is 0.313 e. The fraction of sp³-hybridized carbons (Fsp3) is 0.182. The lowest BCUT2D eigenvalue weighted by Gasteiger charge is -1.93. The smallest absolute Gasteiger partial charge is 0.313 e. The van der Waals surface area contributed by atoms with E-state index in [4.69, 9.17) is 5.11 Å². The van der Waals surface area contributed by atoms with Crippen LogP contribution in [0.25, 0.3) is 10.1 Å². The average Bonchev–Trinajstić information content (AvgIpc) is 2.59. The van der Waals surface area contributed by atoms with Gasteiger partial charge in [-0.05, 0) is 17.5 Å². The third-order valence-electron chi connectivity index (χ3n) is 1.95. The number of fused-ring (bicyclic) bond motifs is 1. The van der Waals surface area contributed by atoms with Crippen LogP contribution in [0.2, 0.25) is 0 Å².